The lowest BCUT2D eigenvalue weighted by Crippen LogP contribution is -2.01. The second-order valence-electron chi connectivity index (χ2n) is 4.29. The standard InChI is InChI=1S/C13H13N3O2/c1-8-7-17-13(15-8)10-4-2-9(3-5-10)11-6-12(14)16-18-11/h2-6,8H,7H2,1H3,(H2,14,16). The average Bonchev–Trinajstić information content (AvgIpc) is 2.98. The molecule has 0 radical (unpaired) electrons. The predicted octanol–water partition coefficient (Wildman–Crippen LogP) is 2.09. The molecule has 0 aliphatic carbocycles. The Balaban J connectivity index is 1.87. The van der Waals surface area contributed by atoms with Gasteiger partial charge in [0.15, 0.2) is 11.6 Å². The van der Waals surface area contributed by atoms with E-state index in [1.165, 1.54) is 0 Å². The topological polar surface area (TPSA) is 73.6 Å². The summed E-state index contributed by atoms with van der Waals surface area (Å²) in [6, 6.07) is 9.69. The first-order chi connectivity index (χ1) is 8.72. The Labute approximate surface area is 104 Å². The summed E-state index contributed by atoms with van der Waals surface area (Å²) in [6.45, 7) is 2.67. The first-order valence-electron chi connectivity index (χ1n) is 5.76. The molecule has 0 saturated carbocycles. The van der Waals surface area contributed by atoms with Crippen molar-refractivity contribution in [2.24, 2.45) is 4.99 Å². The Morgan fingerprint density at radius 1 is 1.22 bits per heavy atom. The van der Waals surface area contributed by atoms with E-state index >= 15 is 0 Å². The van der Waals surface area contributed by atoms with Crippen LogP contribution in [-0.2, 0) is 4.74 Å². The van der Waals surface area contributed by atoms with Crippen LogP contribution >= 0.6 is 0 Å². The highest BCUT2D eigenvalue weighted by Gasteiger charge is 2.16. The molecule has 1 aliphatic rings. The van der Waals surface area contributed by atoms with Gasteiger partial charge in [0, 0.05) is 17.2 Å². The minimum atomic E-state index is 0.230. The number of nitrogen functional groups attached to an aromatic ring is 1. The molecule has 5 nitrogen and oxygen atoms in total. The normalized spacial score (nSPS) is 18.5. The van der Waals surface area contributed by atoms with Gasteiger partial charge < -0.3 is 15.0 Å². The highest BCUT2D eigenvalue weighted by Crippen LogP contribution is 2.22. The van der Waals surface area contributed by atoms with Crippen LogP contribution in [-0.4, -0.2) is 23.7 Å². The van der Waals surface area contributed by atoms with E-state index in [-0.39, 0.29) is 6.04 Å². The van der Waals surface area contributed by atoms with Gasteiger partial charge in [0.1, 0.15) is 6.61 Å². The average molecular weight is 243 g/mol. The number of benzene rings is 1. The van der Waals surface area contributed by atoms with E-state index in [0.717, 1.165) is 11.1 Å². The summed E-state index contributed by atoms with van der Waals surface area (Å²) < 4.78 is 10.6. The minimum absolute atomic E-state index is 0.230. The van der Waals surface area contributed by atoms with E-state index in [1.54, 1.807) is 6.07 Å². The van der Waals surface area contributed by atoms with E-state index in [2.05, 4.69) is 10.1 Å². The van der Waals surface area contributed by atoms with Crippen molar-refractivity contribution in [1.29, 1.82) is 0 Å². The van der Waals surface area contributed by atoms with E-state index in [4.69, 9.17) is 15.0 Å². The smallest absolute Gasteiger partial charge is 0.216 e. The minimum Gasteiger partial charge on any atom is -0.475 e. The summed E-state index contributed by atoms with van der Waals surface area (Å²) in [7, 11) is 0. The lowest BCUT2D eigenvalue weighted by atomic mass is 10.1. The maximum atomic E-state index is 5.52. The molecule has 2 heterocycles. The molecule has 2 aromatic rings. The van der Waals surface area contributed by atoms with Gasteiger partial charge in [-0.2, -0.15) is 0 Å². The molecule has 92 valence electrons. The van der Waals surface area contributed by atoms with Gasteiger partial charge in [-0.3, -0.25) is 0 Å². The highest BCUT2D eigenvalue weighted by atomic mass is 16.5. The third-order valence-electron chi connectivity index (χ3n) is 2.74. The Hall–Kier alpha value is -2.30. The van der Waals surface area contributed by atoms with Gasteiger partial charge in [-0.25, -0.2) is 4.99 Å². The Morgan fingerprint density at radius 2 is 1.94 bits per heavy atom. The zero-order valence-corrected chi connectivity index (χ0v) is 9.96. The predicted molar refractivity (Wildman–Crippen MR) is 68.3 cm³/mol. The van der Waals surface area contributed by atoms with Crippen molar-refractivity contribution in [3.8, 4) is 11.3 Å². The maximum Gasteiger partial charge on any atom is 0.216 e. The monoisotopic (exact) mass is 243 g/mol. The molecule has 5 heteroatoms. The van der Waals surface area contributed by atoms with E-state index < -0.39 is 0 Å². The van der Waals surface area contributed by atoms with E-state index in [0.29, 0.717) is 24.1 Å². The summed E-state index contributed by atoms with van der Waals surface area (Å²) >= 11 is 0. The first-order valence-corrected chi connectivity index (χ1v) is 5.76. The third kappa shape index (κ3) is 1.95. The number of anilines is 1. The van der Waals surface area contributed by atoms with Crippen LogP contribution in [0.3, 0.4) is 0 Å². The summed E-state index contributed by atoms with van der Waals surface area (Å²) in [5.41, 5.74) is 7.41. The first kappa shape index (κ1) is 10.8. The van der Waals surface area contributed by atoms with Crippen LogP contribution in [0.5, 0.6) is 0 Å². The van der Waals surface area contributed by atoms with Crippen molar-refractivity contribution in [2.75, 3.05) is 12.3 Å². The zero-order chi connectivity index (χ0) is 12.5. The van der Waals surface area contributed by atoms with Crippen molar-refractivity contribution >= 4 is 11.7 Å². The molecule has 1 aliphatic heterocycles. The van der Waals surface area contributed by atoms with Crippen LogP contribution in [0.4, 0.5) is 5.82 Å². The number of nitrogens with zero attached hydrogens (tertiary/aromatic N) is 2. The van der Waals surface area contributed by atoms with Crippen molar-refractivity contribution < 1.29 is 9.26 Å². The Kier molecular flexibility index (Phi) is 2.51. The largest absolute Gasteiger partial charge is 0.475 e. The lowest BCUT2D eigenvalue weighted by Gasteiger charge is -2.02. The van der Waals surface area contributed by atoms with Gasteiger partial charge in [0.05, 0.1) is 6.04 Å². The number of rotatable bonds is 2. The quantitative estimate of drug-likeness (QED) is 0.876. The maximum absolute atomic E-state index is 5.52. The summed E-state index contributed by atoms with van der Waals surface area (Å²) in [4.78, 5) is 4.40. The number of aliphatic imine (C=N–C) groups is 1. The molecule has 1 aromatic carbocycles. The van der Waals surface area contributed by atoms with Gasteiger partial charge in [-0.1, -0.05) is 17.3 Å². The van der Waals surface area contributed by atoms with E-state index in [9.17, 15) is 0 Å². The zero-order valence-electron chi connectivity index (χ0n) is 9.96. The fourth-order valence-electron chi connectivity index (χ4n) is 1.83. The number of ether oxygens (including phenoxy) is 1. The number of hydrogen-bond donors (Lipinski definition) is 1. The molecular weight excluding hydrogens is 230 g/mol. The van der Waals surface area contributed by atoms with Crippen LogP contribution < -0.4 is 5.73 Å². The van der Waals surface area contributed by atoms with Gasteiger partial charge >= 0.3 is 0 Å². The number of nitrogens with two attached hydrogens (primary N) is 1. The second kappa shape index (κ2) is 4.18. The molecule has 0 saturated heterocycles. The van der Waals surface area contributed by atoms with Gasteiger partial charge in [-0.05, 0) is 19.1 Å². The van der Waals surface area contributed by atoms with Crippen LogP contribution in [0.1, 0.15) is 12.5 Å². The van der Waals surface area contributed by atoms with Crippen LogP contribution in [0.25, 0.3) is 11.3 Å². The van der Waals surface area contributed by atoms with Gasteiger partial charge in [0.25, 0.3) is 0 Å². The Bertz CT molecular complexity index is 587. The molecule has 3 rings (SSSR count). The van der Waals surface area contributed by atoms with Crippen molar-refractivity contribution in [3.05, 3.63) is 35.9 Å². The Morgan fingerprint density at radius 3 is 2.50 bits per heavy atom. The van der Waals surface area contributed by atoms with Gasteiger partial charge in [0.2, 0.25) is 5.90 Å². The molecule has 1 aromatic heterocycles. The summed E-state index contributed by atoms with van der Waals surface area (Å²) in [5, 5.41) is 3.66. The fourth-order valence-corrected chi connectivity index (χ4v) is 1.83. The van der Waals surface area contributed by atoms with Crippen molar-refractivity contribution in [3.63, 3.8) is 0 Å². The molecule has 0 bridgehead atoms. The van der Waals surface area contributed by atoms with Crippen LogP contribution in [0, 0.1) is 0 Å². The van der Waals surface area contributed by atoms with Crippen molar-refractivity contribution in [2.45, 2.75) is 13.0 Å². The molecule has 0 fully saturated rings. The number of aromatic nitrogens is 1. The molecule has 2 N–H and O–H groups in total. The molecular formula is C13H13N3O2. The summed E-state index contributed by atoms with van der Waals surface area (Å²) in [5.74, 6) is 1.74. The third-order valence-corrected chi connectivity index (χ3v) is 2.74. The van der Waals surface area contributed by atoms with Crippen LogP contribution in [0.15, 0.2) is 39.8 Å². The SMILES string of the molecule is CC1COC(c2ccc(-c3cc(N)no3)cc2)=N1. The fraction of sp³-hybridized carbons (Fsp3) is 0.231. The van der Waals surface area contributed by atoms with E-state index in [1.807, 2.05) is 31.2 Å². The van der Waals surface area contributed by atoms with Crippen LogP contribution in [0.2, 0.25) is 0 Å². The molecule has 1 unspecified atom stereocenters. The lowest BCUT2D eigenvalue weighted by molar-refractivity contribution is 0.324. The number of hydrogen-bond acceptors (Lipinski definition) is 5. The van der Waals surface area contributed by atoms with Gasteiger partial charge in [-0.15, -0.1) is 0 Å². The summed E-state index contributed by atoms with van der Waals surface area (Å²) in [6.07, 6.45) is 0. The molecule has 18 heavy (non-hydrogen) atoms. The molecule has 0 spiro atoms. The second-order valence-corrected chi connectivity index (χ2v) is 4.29. The highest BCUT2D eigenvalue weighted by molar-refractivity contribution is 5.95. The van der Waals surface area contributed by atoms with Crippen molar-refractivity contribution in [1.82, 2.24) is 5.16 Å². The molecule has 1 atom stereocenters. The molecule has 0 amide bonds.